The Kier molecular flexibility index (Phi) is 5.17. The molecular weight excluding hydrogens is 262 g/mol. The number of nitrogens with zero attached hydrogens (tertiary/aromatic N) is 4. The fourth-order valence-corrected chi connectivity index (χ4v) is 2.39. The summed E-state index contributed by atoms with van der Waals surface area (Å²) in [7, 11) is 3.53. The summed E-state index contributed by atoms with van der Waals surface area (Å²) in [5.74, 6) is 1.89. The number of aromatic nitrogens is 4. The van der Waals surface area contributed by atoms with Crippen LogP contribution in [0.5, 0.6) is 5.75 Å². The maximum atomic E-state index is 5.13. The predicted molar refractivity (Wildman–Crippen MR) is 73.0 cm³/mol. The minimum absolute atomic E-state index is 0.859. The molecule has 1 aromatic carbocycles. The van der Waals surface area contributed by atoms with Gasteiger partial charge in [-0.3, -0.25) is 0 Å². The van der Waals surface area contributed by atoms with Crippen molar-refractivity contribution in [3.05, 3.63) is 29.8 Å². The molecule has 0 fully saturated rings. The van der Waals surface area contributed by atoms with E-state index in [-0.39, 0.29) is 0 Å². The van der Waals surface area contributed by atoms with Crippen LogP contribution in [0.3, 0.4) is 0 Å². The third-order valence-corrected chi connectivity index (χ3v) is 3.72. The van der Waals surface area contributed by atoms with Crippen LogP contribution in [-0.2, 0) is 13.6 Å². The lowest BCUT2D eigenvalue weighted by Gasteiger charge is -2.03. The van der Waals surface area contributed by atoms with E-state index in [0.717, 1.165) is 29.7 Å². The van der Waals surface area contributed by atoms with Crippen molar-refractivity contribution in [1.82, 2.24) is 20.2 Å². The Labute approximate surface area is 116 Å². The topological polar surface area (TPSA) is 69.4 Å². The molecule has 0 unspecified atom stereocenters. The summed E-state index contributed by atoms with van der Waals surface area (Å²) in [5.41, 5.74) is 1.30. The summed E-state index contributed by atoms with van der Waals surface area (Å²) in [4.78, 5) is 0. The molecule has 0 radical (unpaired) electrons. The van der Waals surface area contributed by atoms with Crippen LogP contribution in [0.2, 0.25) is 0 Å². The molecule has 7 heteroatoms. The van der Waals surface area contributed by atoms with Crippen LogP contribution in [0.25, 0.3) is 0 Å². The third-order valence-electron chi connectivity index (χ3n) is 2.67. The van der Waals surface area contributed by atoms with E-state index >= 15 is 0 Å². The van der Waals surface area contributed by atoms with Crippen molar-refractivity contribution < 1.29 is 10.1 Å². The number of hydrogen-bond donors (Lipinski definition) is 1. The normalized spacial score (nSPS) is 10.6. The van der Waals surface area contributed by atoms with Crippen molar-refractivity contribution in [3.8, 4) is 5.75 Å². The number of quaternary nitrogens is 1. The highest BCUT2D eigenvalue weighted by Crippen LogP contribution is 2.11. The molecule has 0 bridgehead atoms. The Morgan fingerprint density at radius 1 is 1.32 bits per heavy atom. The SMILES string of the molecule is COc1ccc(C[NH2+]CCSc2nnnn2C)cc1. The van der Waals surface area contributed by atoms with Crippen molar-refractivity contribution in [2.75, 3.05) is 19.4 Å². The van der Waals surface area contributed by atoms with Crippen molar-refractivity contribution in [2.45, 2.75) is 11.7 Å². The summed E-state index contributed by atoms with van der Waals surface area (Å²) < 4.78 is 6.82. The van der Waals surface area contributed by atoms with Crippen molar-refractivity contribution in [3.63, 3.8) is 0 Å². The molecule has 102 valence electrons. The van der Waals surface area contributed by atoms with Gasteiger partial charge in [-0.05, 0) is 34.7 Å². The van der Waals surface area contributed by atoms with Crippen LogP contribution >= 0.6 is 11.8 Å². The molecule has 0 saturated heterocycles. The molecule has 1 aromatic heterocycles. The zero-order chi connectivity index (χ0) is 13.5. The van der Waals surface area contributed by atoms with E-state index in [2.05, 4.69) is 33.0 Å². The van der Waals surface area contributed by atoms with Crippen molar-refractivity contribution >= 4 is 11.8 Å². The number of benzene rings is 1. The lowest BCUT2D eigenvalue weighted by molar-refractivity contribution is -0.666. The number of hydrogen-bond acceptors (Lipinski definition) is 5. The van der Waals surface area contributed by atoms with Gasteiger partial charge in [-0.15, -0.1) is 5.10 Å². The first kappa shape index (κ1) is 13.8. The first-order chi connectivity index (χ1) is 9.29. The molecule has 1 heterocycles. The highest BCUT2D eigenvalue weighted by molar-refractivity contribution is 7.99. The quantitative estimate of drug-likeness (QED) is 0.574. The summed E-state index contributed by atoms with van der Waals surface area (Å²) in [6.07, 6.45) is 0. The van der Waals surface area contributed by atoms with E-state index in [0.29, 0.717) is 0 Å². The Hall–Kier alpha value is -1.60. The fourth-order valence-electron chi connectivity index (χ4n) is 1.61. The maximum Gasteiger partial charge on any atom is 0.209 e. The van der Waals surface area contributed by atoms with Gasteiger partial charge in [-0.25, -0.2) is 4.68 Å². The number of aryl methyl sites for hydroxylation is 1. The molecule has 2 aromatic rings. The summed E-state index contributed by atoms with van der Waals surface area (Å²) >= 11 is 1.67. The Morgan fingerprint density at radius 2 is 2.11 bits per heavy atom. The van der Waals surface area contributed by atoms with E-state index < -0.39 is 0 Å². The molecule has 0 spiro atoms. The van der Waals surface area contributed by atoms with Crippen LogP contribution in [0.15, 0.2) is 29.4 Å². The Bertz CT molecular complexity index is 499. The lowest BCUT2D eigenvalue weighted by atomic mass is 10.2. The smallest absolute Gasteiger partial charge is 0.209 e. The highest BCUT2D eigenvalue weighted by Gasteiger charge is 2.03. The minimum atomic E-state index is 0.859. The van der Waals surface area contributed by atoms with Gasteiger partial charge in [-0.2, -0.15) is 0 Å². The van der Waals surface area contributed by atoms with Crippen LogP contribution < -0.4 is 10.1 Å². The van der Waals surface area contributed by atoms with Gasteiger partial charge >= 0.3 is 0 Å². The summed E-state index contributed by atoms with van der Waals surface area (Å²) in [5, 5.41) is 14.5. The van der Waals surface area contributed by atoms with Gasteiger partial charge in [0.2, 0.25) is 5.16 Å². The summed E-state index contributed by atoms with van der Waals surface area (Å²) in [6.45, 7) is 2.01. The second-order valence-corrected chi connectivity index (χ2v) is 5.13. The molecule has 6 nitrogen and oxygen atoms in total. The van der Waals surface area contributed by atoms with E-state index in [1.165, 1.54) is 5.56 Å². The van der Waals surface area contributed by atoms with Gasteiger partial charge in [0.05, 0.1) is 19.4 Å². The number of nitrogens with two attached hydrogens (primary N) is 1. The lowest BCUT2D eigenvalue weighted by Crippen LogP contribution is -2.83. The standard InChI is InChI=1S/C12H17N5OS/c1-17-12(14-15-16-17)19-8-7-13-9-10-3-5-11(18-2)6-4-10/h3-6,13H,7-9H2,1-2H3/p+1. The van der Waals surface area contributed by atoms with E-state index in [1.807, 2.05) is 19.2 Å². The Balaban J connectivity index is 1.65. The van der Waals surface area contributed by atoms with Gasteiger partial charge in [0, 0.05) is 12.6 Å². The minimum Gasteiger partial charge on any atom is -0.497 e. The first-order valence-electron chi connectivity index (χ1n) is 6.09. The molecule has 19 heavy (non-hydrogen) atoms. The fraction of sp³-hybridized carbons (Fsp3) is 0.417. The van der Waals surface area contributed by atoms with E-state index in [1.54, 1.807) is 23.6 Å². The van der Waals surface area contributed by atoms with Gasteiger partial charge in [0.15, 0.2) is 0 Å². The maximum absolute atomic E-state index is 5.13. The van der Waals surface area contributed by atoms with Crippen molar-refractivity contribution in [1.29, 1.82) is 0 Å². The van der Waals surface area contributed by atoms with E-state index in [4.69, 9.17) is 4.74 Å². The monoisotopic (exact) mass is 280 g/mol. The molecule has 0 aliphatic heterocycles. The average Bonchev–Trinajstić information content (AvgIpc) is 2.85. The zero-order valence-electron chi connectivity index (χ0n) is 11.1. The number of tetrazole rings is 1. The van der Waals surface area contributed by atoms with E-state index in [9.17, 15) is 0 Å². The van der Waals surface area contributed by atoms with Crippen LogP contribution in [-0.4, -0.2) is 39.6 Å². The van der Waals surface area contributed by atoms with Gasteiger partial charge in [-0.1, -0.05) is 11.8 Å². The van der Waals surface area contributed by atoms with Gasteiger partial charge in [0.25, 0.3) is 0 Å². The largest absolute Gasteiger partial charge is 0.497 e. The number of thioether (sulfide) groups is 1. The number of rotatable bonds is 7. The molecule has 0 saturated carbocycles. The summed E-state index contributed by atoms with van der Waals surface area (Å²) in [6, 6.07) is 8.16. The van der Waals surface area contributed by atoms with Crippen molar-refractivity contribution in [2.24, 2.45) is 7.05 Å². The second-order valence-electron chi connectivity index (χ2n) is 4.06. The Morgan fingerprint density at radius 3 is 2.74 bits per heavy atom. The van der Waals surface area contributed by atoms with Crippen LogP contribution in [0, 0.1) is 0 Å². The molecule has 2 rings (SSSR count). The molecule has 2 N–H and O–H groups in total. The van der Waals surface area contributed by atoms with Crippen LogP contribution in [0.4, 0.5) is 0 Å². The van der Waals surface area contributed by atoms with Gasteiger partial charge < -0.3 is 10.1 Å². The third kappa shape index (κ3) is 4.22. The molecular formula is C12H18N5OS+. The molecule has 0 atom stereocenters. The molecule has 0 aliphatic rings. The average molecular weight is 280 g/mol. The number of methoxy groups -OCH3 is 1. The first-order valence-corrected chi connectivity index (χ1v) is 7.08. The zero-order valence-corrected chi connectivity index (χ0v) is 11.9. The predicted octanol–water partition coefficient (Wildman–Crippen LogP) is 0.0744. The van der Waals surface area contributed by atoms with Crippen LogP contribution in [0.1, 0.15) is 5.56 Å². The molecule has 0 amide bonds. The number of ether oxygens (including phenoxy) is 1. The highest BCUT2D eigenvalue weighted by atomic mass is 32.2. The second kappa shape index (κ2) is 7.10. The van der Waals surface area contributed by atoms with Gasteiger partial charge in [0.1, 0.15) is 12.3 Å². The molecule has 0 aliphatic carbocycles.